The fourth-order valence-corrected chi connectivity index (χ4v) is 9.40. The predicted octanol–water partition coefficient (Wildman–Crippen LogP) is 5.00. The molecule has 3 heterocycles. The standard InChI is InChI=1S/C54H57N9O9S/c1-55-50(67)44(29-47-56-22-23-57-47)63-51(68)42(24-31-10-4-2-5-11-31)62-52(69)43(25-32-30-59-41-13-8-7-12-36(32)41)61-48(66)14-6-3-9-21-58-54(73)60-33-15-18-37(40(26-33)53(70)71)49-38-19-16-34(64)27-45(38)72-46-28-35(65)17-20-39(46)49/h2,4-5,7-8,10-13,15-20,22-23,26-28,30,36,41-44,51,59,63-64,68H,3,6,9,14,21,24-25,29H2,1H3,(H,55,67)(H,56,57)(H,61,66)(H,62,69)(H,70,71)(H2,58,60,73)/t36?,41?,42-,43-,44-,51+/m0/s1. The molecule has 2 aliphatic heterocycles. The van der Waals surface area contributed by atoms with Crippen LogP contribution < -0.4 is 42.6 Å². The van der Waals surface area contributed by atoms with E-state index in [-0.39, 0.29) is 82.7 Å². The van der Waals surface area contributed by atoms with Crippen molar-refractivity contribution < 1.29 is 38.9 Å². The molecule has 0 saturated carbocycles. The molecule has 3 amide bonds. The number of aromatic nitrogens is 2. The molecule has 73 heavy (non-hydrogen) atoms. The van der Waals surface area contributed by atoms with Gasteiger partial charge in [0.2, 0.25) is 17.7 Å². The number of nitrogens with zero attached hydrogens (tertiary/aromatic N) is 1. The number of hydrogen-bond donors (Lipinski definition) is 11. The third-order valence-corrected chi connectivity index (χ3v) is 13.1. The third kappa shape index (κ3) is 13.1. The summed E-state index contributed by atoms with van der Waals surface area (Å²) in [5.41, 5.74) is 3.58. The van der Waals surface area contributed by atoms with Crippen molar-refractivity contribution in [3.63, 3.8) is 0 Å². The Kier molecular flexibility index (Phi) is 16.7. The summed E-state index contributed by atoms with van der Waals surface area (Å²) in [4.78, 5) is 73.2. The van der Waals surface area contributed by atoms with Crippen LogP contribution in [0.1, 0.15) is 53.8 Å². The summed E-state index contributed by atoms with van der Waals surface area (Å²) < 4.78 is 5.93. The SMILES string of the molecule is CNC(=O)[C@H](Cc1ncc[nH]1)N[C@H](O)[C@H](Cc1ccccc1)NC(=O)[C@H](CC1=CNC2C=CC=CC12)NC(=O)CCCCCNC(=S)Nc1ccc(-c2c3ccc(=O)cc-3oc3cc(O)ccc23)c(C(=O)O)c1. The number of imidazole rings is 1. The molecule has 3 aromatic carbocycles. The molecule has 2 aliphatic carbocycles. The van der Waals surface area contributed by atoms with Gasteiger partial charge in [0.25, 0.3) is 0 Å². The van der Waals surface area contributed by atoms with Crippen molar-refractivity contribution in [3.05, 3.63) is 161 Å². The average Bonchev–Trinajstić information content (AvgIpc) is 4.06. The normalized spacial score (nSPS) is 16.3. The number of aliphatic hydroxyl groups is 1. The van der Waals surface area contributed by atoms with Crippen molar-refractivity contribution in [2.24, 2.45) is 5.92 Å². The number of anilines is 1. The zero-order chi connectivity index (χ0) is 51.4. The number of hydrogen-bond acceptors (Lipinski definition) is 12. The maximum Gasteiger partial charge on any atom is 0.336 e. The molecule has 6 atom stereocenters. The van der Waals surface area contributed by atoms with Crippen molar-refractivity contribution in [2.75, 3.05) is 18.9 Å². The number of phenols is 1. The fourth-order valence-electron chi connectivity index (χ4n) is 9.18. The largest absolute Gasteiger partial charge is 0.508 e. The number of benzene rings is 4. The summed E-state index contributed by atoms with van der Waals surface area (Å²) >= 11 is 5.56. The maximum atomic E-state index is 14.4. The van der Waals surface area contributed by atoms with Crippen LogP contribution in [0.15, 0.2) is 143 Å². The summed E-state index contributed by atoms with van der Waals surface area (Å²) in [5.74, 6) is -1.66. The molecular formula is C54H57N9O9S. The highest BCUT2D eigenvalue weighted by Gasteiger charge is 2.34. The van der Waals surface area contributed by atoms with Crippen LogP contribution >= 0.6 is 12.2 Å². The number of aromatic amines is 1. The number of H-pyrrole nitrogens is 1. The molecule has 0 saturated heterocycles. The Hall–Kier alpha value is -8.13. The van der Waals surface area contributed by atoms with Gasteiger partial charge >= 0.3 is 5.97 Å². The Morgan fingerprint density at radius 2 is 1.67 bits per heavy atom. The lowest BCUT2D eigenvalue weighted by atomic mass is 9.87. The molecule has 0 spiro atoms. The van der Waals surface area contributed by atoms with Gasteiger partial charge in [-0.3, -0.25) is 24.5 Å². The molecule has 4 aliphatic rings. The Labute approximate surface area is 425 Å². The van der Waals surface area contributed by atoms with E-state index >= 15 is 0 Å². The monoisotopic (exact) mass is 1010 g/mol. The molecule has 0 bridgehead atoms. The summed E-state index contributed by atoms with van der Waals surface area (Å²) in [7, 11) is 1.50. The first-order chi connectivity index (χ1) is 35.3. The molecule has 2 unspecified atom stereocenters. The lowest BCUT2D eigenvalue weighted by molar-refractivity contribution is -0.130. The molecule has 0 radical (unpaired) electrons. The van der Waals surface area contributed by atoms with Gasteiger partial charge in [-0.25, -0.2) is 9.78 Å². The van der Waals surface area contributed by atoms with Crippen molar-refractivity contribution in [1.29, 1.82) is 0 Å². The Morgan fingerprint density at radius 3 is 2.45 bits per heavy atom. The number of likely N-dealkylation sites (N-methyl/N-ethyl adjacent to an activating group) is 1. The molecule has 19 heteroatoms. The van der Waals surface area contributed by atoms with Gasteiger partial charge in [0, 0.05) is 79.1 Å². The summed E-state index contributed by atoms with van der Waals surface area (Å²) in [6.45, 7) is 0.454. The van der Waals surface area contributed by atoms with E-state index in [9.17, 15) is 39.3 Å². The Morgan fingerprint density at radius 1 is 0.863 bits per heavy atom. The topological polar surface area (TPSA) is 272 Å². The van der Waals surface area contributed by atoms with E-state index in [1.54, 1.807) is 36.7 Å². The number of fused-ring (bicyclic) bond motifs is 3. The molecule has 18 nitrogen and oxygen atoms in total. The van der Waals surface area contributed by atoms with Crippen LogP contribution in [0.5, 0.6) is 5.75 Å². The number of phenolic OH excluding ortho intramolecular Hbond substituents is 1. The van der Waals surface area contributed by atoms with Crippen molar-refractivity contribution in [3.8, 4) is 28.2 Å². The minimum absolute atomic E-state index is 0.00874. The number of amides is 3. The van der Waals surface area contributed by atoms with Crippen LogP contribution in [0.4, 0.5) is 5.69 Å². The van der Waals surface area contributed by atoms with E-state index in [0.29, 0.717) is 59.4 Å². The number of aromatic carboxylic acids is 1. The zero-order valence-electron chi connectivity index (χ0n) is 39.9. The van der Waals surface area contributed by atoms with E-state index in [1.807, 2.05) is 54.8 Å². The minimum Gasteiger partial charge on any atom is -0.508 e. The first-order valence-corrected chi connectivity index (χ1v) is 24.4. The fraction of sp³-hybridized carbons (Fsp3) is 0.278. The van der Waals surface area contributed by atoms with Gasteiger partial charge in [-0.05, 0) is 97.2 Å². The predicted molar refractivity (Wildman–Crippen MR) is 281 cm³/mol. The zero-order valence-corrected chi connectivity index (χ0v) is 40.7. The van der Waals surface area contributed by atoms with Gasteiger partial charge < -0.3 is 56.6 Å². The first kappa shape index (κ1) is 51.2. The van der Waals surface area contributed by atoms with Crippen LogP contribution in [-0.2, 0) is 27.2 Å². The number of allylic oxidation sites excluding steroid dienone is 2. The number of carboxylic acid groups (broad SMARTS) is 1. The summed E-state index contributed by atoms with van der Waals surface area (Å²) in [6.07, 6.45) is 14.2. The lowest BCUT2D eigenvalue weighted by Crippen LogP contribution is -2.59. The minimum atomic E-state index is -1.38. The average molecular weight is 1010 g/mol. The highest BCUT2D eigenvalue weighted by atomic mass is 32.1. The lowest BCUT2D eigenvalue weighted by Gasteiger charge is -2.30. The molecule has 378 valence electrons. The number of carboxylic acids is 1. The van der Waals surface area contributed by atoms with Crippen molar-refractivity contribution >= 4 is 57.7 Å². The van der Waals surface area contributed by atoms with E-state index in [4.69, 9.17) is 16.6 Å². The number of aromatic hydroxyl groups is 1. The Balaban J connectivity index is 0.876. The maximum absolute atomic E-state index is 14.4. The van der Waals surface area contributed by atoms with Gasteiger partial charge in [0.05, 0.1) is 23.7 Å². The number of carbonyl (C=O) groups excluding carboxylic acids is 3. The van der Waals surface area contributed by atoms with Crippen LogP contribution in [0, 0.1) is 5.92 Å². The third-order valence-electron chi connectivity index (χ3n) is 12.8. The van der Waals surface area contributed by atoms with Gasteiger partial charge in [-0.15, -0.1) is 0 Å². The Bertz CT molecular complexity index is 3080. The van der Waals surface area contributed by atoms with Crippen molar-refractivity contribution in [2.45, 2.75) is 75.3 Å². The van der Waals surface area contributed by atoms with E-state index < -0.39 is 36.2 Å². The second kappa shape index (κ2) is 23.9. The van der Waals surface area contributed by atoms with E-state index in [1.165, 1.54) is 37.4 Å². The van der Waals surface area contributed by atoms with E-state index in [0.717, 1.165) is 11.1 Å². The highest BCUT2D eigenvalue weighted by molar-refractivity contribution is 7.80. The second-order valence-electron chi connectivity index (χ2n) is 17.9. The summed E-state index contributed by atoms with van der Waals surface area (Å²) in [6, 6.07) is 20.2. The molecular weight excluding hydrogens is 951 g/mol. The first-order valence-electron chi connectivity index (χ1n) is 24.0. The number of carbonyl (C=O) groups is 4. The molecule has 8 rings (SSSR count). The smallest absolute Gasteiger partial charge is 0.336 e. The van der Waals surface area contributed by atoms with Gasteiger partial charge in [0.15, 0.2) is 10.5 Å². The van der Waals surface area contributed by atoms with Crippen LogP contribution in [0.2, 0.25) is 0 Å². The van der Waals surface area contributed by atoms with Crippen molar-refractivity contribution in [1.82, 2.24) is 41.9 Å². The second-order valence-corrected chi connectivity index (χ2v) is 18.3. The van der Waals surface area contributed by atoms with Crippen LogP contribution in [0.3, 0.4) is 0 Å². The molecule has 11 N–H and O–H groups in total. The highest BCUT2D eigenvalue weighted by Crippen LogP contribution is 2.42. The molecule has 1 aromatic heterocycles. The molecule has 0 fully saturated rings. The van der Waals surface area contributed by atoms with Gasteiger partial charge in [0.1, 0.15) is 35.2 Å². The number of nitrogens with one attached hydrogen (secondary N) is 8. The van der Waals surface area contributed by atoms with Crippen LogP contribution in [-0.4, -0.2) is 98.1 Å². The van der Waals surface area contributed by atoms with Gasteiger partial charge in [-0.1, -0.05) is 67.1 Å². The number of thiocarbonyl (C=S) groups is 1. The molecule has 4 aromatic rings. The number of unbranched alkanes of at least 4 members (excludes halogenated alkanes) is 2. The quantitative estimate of drug-likeness (QED) is 0.0185. The number of aliphatic hydroxyl groups excluding tert-OH is 1. The van der Waals surface area contributed by atoms with E-state index in [2.05, 4.69) is 53.3 Å². The summed E-state index contributed by atoms with van der Waals surface area (Å²) in [5, 5.41) is 54.2. The van der Waals surface area contributed by atoms with Crippen LogP contribution in [0.25, 0.3) is 33.4 Å². The van der Waals surface area contributed by atoms with Gasteiger partial charge in [-0.2, -0.15) is 0 Å². The number of rotatable bonds is 22.